The summed E-state index contributed by atoms with van der Waals surface area (Å²) in [5.41, 5.74) is 0. The highest BCUT2D eigenvalue weighted by Crippen LogP contribution is 2.19. The third-order valence-corrected chi connectivity index (χ3v) is 4.17. The maximum atomic E-state index is 12.3. The number of rotatable bonds is 7. The monoisotopic (exact) mass is 440 g/mol. The molecule has 0 aliphatic carbocycles. The van der Waals surface area contributed by atoms with E-state index in [0.29, 0.717) is 31.8 Å². The van der Waals surface area contributed by atoms with Gasteiger partial charge in [0, 0.05) is 28.1 Å². The molecule has 0 atom stereocenters. The van der Waals surface area contributed by atoms with Crippen molar-refractivity contribution in [3.8, 4) is 5.75 Å². The van der Waals surface area contributed by atoms with Gasteiger partial charge < -0.3 is 4.74 Å². The van der Waals surface area contributed by atoms with Crippen molar-refractivity contribution in [2.75, 3.05) is 18.1 Å². The summed E-state index contributed by atoms with van der Waals surface area (Å²) in [5.74, 6) is 1.53. The highest BCUT2D eigenvalue weighted by atomic mass is 79.9. The van der Waals surface area contributed by atoms with Gasteiger partial charge in [-0.25, -0.2) is 4.98 Å². The minimum atomic E-state index is 0.0557. The fraction of sp³-hybridized carbons (Fsp3) is 0.294. The normalized spacial score (nSPS) is 10.4. The largest absolute Gasteiger partial charge is 0.494 e. The minimum absolute atomic E-state index is 0.0557. The molecule has 122 valence electrons. The van der Waals surface area contributed by atoms with Gasteiger partial charge in [-0.05, 0) is 59.6 Å². The smallest absolute Gasteiger partial charge is 0.228 e. The first-order valence-corrected chi connectivity index (χ1v) is 8.99. The first kappa shape index (κ1) is 17.9. The Bertz CT molecular complexity index is 647. The zero-order valence-electron chi connectivity index (χ0n) is 12.8. The van der Waals surface area contributed by atoms with Crippen LogP contribution in [0, 0.1) is 0 Å². The van der Waals surface area contributed by atoms with E-state index < -0.39 is 0 Å². The molecule has 0 N–H and O–H groups in total. The number of aromatic nitrogens is 1. The number of anilines is 1. The van der Waals surface area contributed by atoms with Crippen LogP contribution in [0.2, 0.25) is 0 Å². The molecule has 4 nitrogen and oxygen atoms in total. The molecule has 2 rings (SSSR count). The molecule has 0 bridgehead atoms. The van der Waals surface area contributed by atoms with Crippen LogP contribution in [0.15, 0.2) is 51.5 Å². The SMILES string of the molecule is CCN(C(=O)CCCOc1cccc(Br)c1)c1ccc(Br)cn1. The minimum Gasteiger partial charge on any atom is -0.494 e. The molecule has 1 amide bonds. The van der Waals surface area contributed by atoms with Gasteiger partial charge >= 0.3 is 0 Å². The molecule has 1 heterocycles. The number of benzene rings is 1. The van der Waals surface area contributed by atoms with E-state index in [1.165, 1.54) is 0 Å². The fourth-order valence-electron chi connectivity index (χ4n) is 2.10. The molecule has 0 aliphatic heterocycles. The Kier molecular flexibility index (Phi) is 7.05. The van der Waals surface area contributed by atoms with Crippen LogP contribution in [0.5, 0.6) is 5.75 Å². The van der Waals surface area contributed by atoms with Crippen molar-refractivity contribution in [3.05, 3.63) is 51.5 Å². The molecular weight excluding hydrogens is 424 g/mol. The van der Waals surface area contributed by atoms with Crippen LogP contribution in [0.4, 0.5) is 5.82 Å². The van der Waals surface area contributed by atoms with Crippen molar-refractivity contribution >= 4 is 43.6 Å². The van der Waals surface area contributed by atoms with Crippen LogP contribution < -0.4 is 9.64 Å². The number of halogens is 2. The first-order chi connectivity index (χ1) is 11.1. The number of carbonyl (C=O) groups is 1. The van der Waals surface area contributed by atoms with E-state index >= 15 is 0 Å². The highest BCUT2D eigenvalue weighted by molar-refractivity contribution is 9.10. The van der Waals surface area contributed by atoms with E-state index in [-0.39, 0.29) is 5.91 Å². The summed E-state index contributed by atoms with van der Waals surface area (Å²) < 4.78 is 7.52. The van der Waals surface area contributed by atoms with Crippen LogP contribution in [0.1, 0.15) is 19.8 Å². The van der Waals surface area contributed by atoms with Gasteiger partial charge in [0.2, 0.25) is 5.91 Å². The van der Waals surface area contributed by atoms with Gasteiger partial charge in [-0.15, -0.1) is 0 Å². The van der Waals surface area contributed by atoms with E-state index in [2.05, 4.69) is 36.8 Å². The Morgan fingerprint density at radius 2 is 2.04 bits per heavy atom. The van der Waals surface area contributed by atoms with Gasteiger partial charge in [0.25, 0.3) is 0 Å². The van der Waals surface area contributed by atoms with Gasteiger partial charge in [0.1, 0.15) is 11.6 Å². The van der Waals surface area contributed by atoms with Gasteiger partial charge in [-0.2, -0.15) is 0 Å². The van der Waals surface area contributed by atoms with Crippen molar-refractivity contribution in [2.24, 2.45) is 0 Å². The fourth-order valence-corrected chi connectivity index (χ4v) is 2.71. The average Bonchev–Trinajstić information content (AvgIpc) is 2.54. The first-order valence-electron chi connectivity index (χ1n) is 7.40. The summed E-state index contributed by atoms with van der Waals surface area (Å²) >= 11 is 6.75. The average molecular weight is 442 g/mol. The second-order valence-corrected chi connectivity index (χ2v) is 6.71. The van der Waals surface area contributed by atoms with Crippen molar-refractivity contribution in [1.82, 2.24) is 4.98 Å². The quantitative estimate of drug-likeness (QED) is 0.578. The summed E-state index contributed by atoms with van der Waals surface area (Å²) in [6.07, 6.45) is 2.79. The van der Waals surface area contributed by atoms with Gasteiger partial charge in [-0.1, -0.05) is 22.0 Å². The van der Waals surface area contributed by atoms with Crippen molar-refractivity contribution in [1.29, 1.82) is 0 Å². The number of ether oxygens (including phenoxy) is 1. The lowest BCUT2D eigenvalue weighted by Gasteiger charge is -2.20. The van der Waals surface area contributed by atoms with Crippen LogP contribution in [-0.4, -0.2) is 24.0 Å². The molecule has 1 aromatic heterocycles. The van der Waals surface area contributed by atoms with Crippen molar-refractivity contribution < 1.29 is 9.53 Å². The summed E-state index contributed by atoms with van der Waals surface area (Å²) in [4.78, 5) is 18.3. The van der Waals surface area contributed by atoms with E-state index in [0.717, 1.165) is 14.7 Å². The summed E-state index contributed by atoms with van der Waals surface area (Å²) in [7, 11) is 0. The molecule has 0 saturated heterocycles. The third kappa shape index (κ3) is 5.62. The number of hydrogen-bond donors (Lipinski definition) is 0. The van der Waals surface area contributed by atoms with Crippen molar-refractivity contribution in [3.63, 3.8) is 0 Å². The number of carbonyl (C=O) groups excluding carboxylic acids is 1. The van der Waals surface area contributed by atoms with E-state index in [4.69, 9.17) is 4.74 Å². The zero-order valence-corrected chi connectivity index (χ0v) is 16.0. The maximum absolute atomic E-state index is 12.3. The molecule has 2 aromatic rings. The van der Waals surface area contributed by atoms with Crippen LogP contribution in [0.3, 0.4) is 0 Å². The summed E-state index contributed by atoms with van der Waals surface area (Å²) in [5, 5.41) is 0. The Morgan fingerprint density at radius 1 is 1.22 bits per heavy atom. The topological polar surface area (TPSA) is 42.4 Å². The number of hydrogen-bond acceptors (Lipinski definition) is 3. The number of amides is 1. The summed E-state index contributed by atoms with van der Waals surface area (Å²) in [6, 6.07) is 11.4. The van der Waals surface area contributed by atoms with E-state index in [1.807, 2.05) is 43.3 Å². The van der Waals surface area contributed by atoms with Crippen LogP contribution in [-0.2, 0) is 4.79 Å². The molecule has 23 heavy (non-hydrogen) atoms. The molecule has 0 radical (unpaired) electrons. The number of pyridine rings is 1. The Hall–Kier alpha value is -1.40. The molecule has 0 fully saturated rings. The van der Waals surface area contributed by atoms with Crippen LogP contribution >= 0.6 is 31.9 Å². The Balaban J connectivity index is 1.82. The van der Waals surface area contributed by atoms with Gasteiger partial charge in [0.05, 0.1) is 6.61 Å². The molecule has 0 aliphatic rings. The maximum Gasteiger partial charge on any atom is 0.228 e. The standard InChI is InChI=1S/C17H18Br2N2O2/c1-2-21(16-9-8-14(19)12-20-16)17(22)7-4-10-23-15-6-3-5-13(18)11-15/h3,5-6,8-9,11-12H,2,4,7,10H2,1H3. The van der Waals surface area contributed by atoms with E-state index in [1.54, 1.807) is 11.1 Å². The molecule has 0 saturated carbocycles. The lowest BCUT2D eigenvalue weighted by Crippen LogP contribution is -2.31. The molecule has 1 aromatic carbocycles. The molecule has 0 spiro atoms. The van der Waals surface area contributed by atoms with Gasteiger partial charge in [0.15, 0.2) is 0 Å². The summed E-state index contributed by atoms with van der Waals surface area (Å²) in [6.45, 7) is 3.05. The molecular formula is C17H18Br2N2O2. The molecule has 6 heteroatoms. The second kappa shape index (κ2) is 9.03. The van der Waals surface area contributed by atoms with Gasteiger partial charge in [-0.3, -0.25) is 9.69 Å². The third-order valence-electron chi connectivity index (χ3n) is 3.21. The van der Waals surface area contributed by atoms with Crippen LogP contribution in [0.25, 0.3) is 0 Å². The Labute approximate surface area is 153 Å². The number of nitrogens with zero attached hydrogens (tertiary/aromatic N) is 2. The second-order valence-electron chi connectivity index (χ2n) is 4.88. The zero-order chi connectivity index (χ0) is 16.7. The molecule has 0 unspecified atom stereocenters. The highest BCUT2D eigenvalue weighted by Gasteiger charge is 2.14. The lowest BCUT2D eigenvalue weighted by molar-refractivity contribution is -0.118. The Morgan fingerprint density at radius 3 is 2.70 bits per heavy atom. The lowest BCUT2D eigenvalue weighted by atomic mass is 10.2. The predicted molar refractivity (Wildman–Crippen MR) is 98.8 cm³/mol. The predicted octanol–water partition coefficient (Wildman–Crippen LogP) is 4.82. The van der Waals surface area contributed by atoms with Crippen molar-refractivity contribution in [2.45, 2.75) is 19.8 Å². The van der Waals surface area contributed by atoms with E-state index in [9.17, 15) is 4.79 Å².